The highest BCUT2D eigenvalue weighted by Crippen LogP contribution is 2.45. The van der Waals surface area contributed by atoms with Gasteiger partial charge < -0.3 is 4.57 Å². The lowest BCUT2D eigenvalue weighted by atomic mass is 9.90. The van der Waals surface area contributed by atoms with Gasteiger partial charge in [-0.15, -0.1) is 0 Å². The van der Waals surface area contributed by atoms with Crippen LogP contribution >= 0.6 is 0 Å². The van der Waals surface area contributed by atoms with Gasteiger partial charge in [0.25, 0.3) is 0 Å². The normalized spacial score (nSPS) is 13.1. The summed E-state index contributed by atoms with van der Waals surface area (Å²) in [6, 6.07) is 72.7. The first kappa shape index (κ1) is 39.8. The number of hydrogen-bond acceptors (Lipinski definition) is 0. The van der Waals surface area contributed by atoms with E-state index in [1.54, 1.807) is 0 Å². The minimum atomic E-state index is 0.965. The third-order valence-corrected chi connectivity index (χ3v) is 14.6. The van der Waals surface area contributed by atoms with Gasteiger partial charge in [0.05, 0.1) is 11.0 Å². The van der Waals surface area contributed by atoms with Crippen molar-refractivity contribution in [1.29, 1.82) is 0 Å². The Kier molecular flexibility index (Phi) is 9.68. The molecule has 0 spiro atoms. The minimum absolute atomic E-state index is 0.965. The first-order valence-corrected chi connectivity index (χ1v) is 23.6. The molecule has 0 N–H and O–H groups in total. The average Bonchev–Trinajstić information content (AvgIpc) is 4.02. The van der Waals surface area contributed by atoms with Crippen molar-refractivity contribution in [3.63, 3.8) is 0 Å². The van der Waals surface area contributed by atoms with Gasteiger partial charge in [0.15, 0.2) is 0 Å². The summed E-state index contributed by atoms with van der Waals surface area (Å²) in [6.45, 7) is 9.02. The average molecular weight is 846 g/mol. The Bertz CT molecular complexity index is 3630. The Morgan fingerprint density at radius 1 is 0.455 bits per heavy atom. The van der Waals surface area contributed by atoms with Crippen molar-refractivity contribution in [2.75, 3.05) is 0 Å². The Morgan fingerprint density at radius 3 is 1.76 bits per heavy atom. The topological polar surface area (TPSA) is 4.93 Å². The van der Waals surface area contributed by atoms with Crippen molar-refractivity contribution in [3.05, 3.63) is 245 Å². The summed E-state index contributed by atoms with van der Waals surface area (Å²) in [5.74, 6) is 0. The molecule has 1 aromatic heterocycles. The fourth-order valence-electron chi connectivity index (χ4n) is 11.3. The molecule has 2 aliphatic carbocycles. The zero-order chi connectivity index (χ0) is 44.5. The van der Waals surface area contributed by atoms with Gasteiger partial charge in [0.2, 0.25) is 0 Å². The highest BCUT2D eigenvalue weighted by molar-refractivity contribution is 6.12. The lowest BCUT2D eigenvalue weighted by Gasteiger charge is -2.14. The summed E-state index contributed by atoms with van der Waals surface area (Å²) in [6.07, 6.45) is 5.35. The van der Waals surface area contributed by atoms with E-state index in [1.807, 2.05) is 0 Å². The molecule has 10 aromatic rings. The molecule has 0 saturated heterocycles. The number of fused-ring (bicyclic) bond motifs is 7. The van der Waals surface area contributed by atoms with Gasteiger partial charge in [-0.3, -0.25) is 0 Å². The number of allylic oxidation sites excluding steroid dienone is 4. The number of aryl methyl sites for hydroxylation is 1. The van der Waals surface area contributed by atoms with E-state index in [2.05, 4.69) is 232 Å². The van der Waals surface area contributed by atoms with E-state index in [0.717, 1.165) is 24.9 Å². The van der Waals surface area contributed by atoms with Gasteiger partial charge in [0, 0.05) is 16.5 Å². The van der Waals surface area contributed by atoms with Crippen molar-refractivity contribution in [2.24, 2.45) is 0 Å². The summed E-state index contributed by atoms with van der Waals surface area (Å²) >= 11 is 0. The molecule has 1 nitrogen and oxygen atoms in total. The largest absolute Gasteiger partial charge is 0.309 e. The molecule has 0 fully saturated rings. The SMILES string of the molecule is CC/C=C(\C1=C(C)c2ccccc2C1)c1ccc2c(c1)c1cc(-c3ccc(-c4cccc(-c5ccccc5C)c4C)cc3)ccc1n2-c1ccc(-c2cccc3c2Cc2ccccc2-3)cc1. The van der Waals surface area contributed by atoms with Crippen LogP contribution in [0.25, 0.3) is 94.3 Å². The Hall–Kier alpha value is -7.74. The van der Waals surface area contributed by atoms with E-state index in [9.17, 15) is 0 Å². The lowest BCUT2D eigenvalue weighted by molar-refractivity contribution is 1.18. The first-order valence-electron chi connectivity index (χ1n) is 23.6. The quantitative estimate of drug-likeness (QED) is 0.144. The van der Waals surface area contributed by atoms with E-state index in [1.165, 1.54) is 133 Å². The van der Waals surface area contributed by atoms with Gasteiger partial charge in [-0.05, 0) is 188 Å². The third kappa shape index (κ3) is 6.53. The molecule has 12 rings (SSSR count). The van der Waals surface area contributed by atoms with Crippen LogP contribution in [0.2, 0.25) is 0 Å². The molecule has 2 aliphatic rings. The van der Waals surface area contributed by atoms with E-state index < -0.39 is 0 Å². The van der Waals surface area contributed by atoms with Gasteiger partial charge in [-0.2, -0.15) is 0 Å². The maximum Gasteiger partial charge on any atom is 0.0541 e. The van der Waals surface area contributed by atoms with E-state index in [0.29, 0.717) is 0 Å². The summed E-state index contributed by atoms with van der Waals surface area (Å²) < 4.78 is 2.47. The molecule has 0 amide bonds. The van der Waals surface area contributed by atoms with Gasteiger partial charge in [-0.1, -0.05) is 171 Å². The monoisotopic (exact) mass is 845 g/mol. The van der Waals surface area contributed by atoms with Crippen molar-refractivity contribution in [3.8, 4) is 61.3 Å². The molecule has 0 radical (unpaired) electrons. The molecule has 1 heteroatoms. The van der Waals surface area contributed by atoms with Crippen LogP contribution in [0.1, 0.15) is 59.2 Å². The number of hydrogen-bond donors (Lipinski definition) is 0. The minimum Gasteiger partial charge on any atom is -0.309 e. The van der Waals surface area contributed by atoms with Crippen LogP contribution in [0, 0.1) is 13.8 Å². The molecule has 0 unspecified atom stereocenters. The maximum atomic E-state index is 2.47. The third-order valence-electron chi connectivity index (χ3n) is 14.6. The fraction of sp³-hybridized carbons (Fsp3) is 0.108. The van der Waals surface area contributed by atoms with Gasteiger partial charge in [0.1, 0.15) is 0 Å². The second-order valence-electron chi connectivity index (χ2n) is 18.3. The van der Waals surface area contributed by atoms with Gasteiger partial charge >= 0.3 is 0 Å². The number of nitrogens with zero attached hydrogens (tertiary/aromatic N) is 1. The molecular weight excluding hydrogens is 795 g/mol. The summed E-state index contributed by atoms with van der Waals surface area (Å²) in [5, 5.41) is 2.53. The second-order valence-corrected chi connectivity index (χ2v) is 18.3. The van der Waals surface area contributed by atoms with Crippen LogP contribution in [0.15, 0.2) is 206 Å². The van der Waals surface area contributed by atoms with E-state index >= 15 is 0 Å². The van der Waals surface area contributed by atoms with E-state index in [-0.39, 0.29) is 0 Å². The summed E-state index contributed by atoms with van der Waals surface area (Å²) in [7, 11) is 0. The van der Waals surface area contributed by atoms with Crippen molar-refractivity contribution < 1.29 is 0 Å². The second kappa shape index (κ2) is 16.1. The van der Waals surface area contributed by atoms with Crippen LogP contribution in [0.5, 0.6) is 0 Å². The molecular formula is C65H51N. The van der Waals surface area contributed by atoms with Crippen LogP contribution < -0.4 is 0 Å². The molecule has 66 heavy (non-hydrogen) atoms. The molecule has 0 aliphatic heterocycles. The maximum absolute atomic E-state index is 2.47. The van der Waals surface area contributed by atoms with Crippen molar-refractivity contribution in [2.45, 2.75) is 47.0 Å². The Labute approximate surface area is 388 Å². The summed E-state index contributed by atoms with van der Waals surface area (Å²) in [5.41, 5.74) is 30.1. The number of rotatable bonds is 8. The molecule has 9 aromatic carbocycles. The smallest absolute Gasteiger partial charge is 0.0541 e. The van der Waals surface area contributed by atoms with Crippen molar-refractivity contribution >= 4 is 33.0 Å². The van der Waals surface area contributed by atoms with Crippen LogP contribution in [-0.2, 0) is 12.8 Å². The molecule has 1 heterocycles. The Balaban J connectivity index is 0.966. The first-order chi connectivity index (χ1) is 32.4. The lowest BCUT2D eigenvalue weighted by Crippen LogP contribution is -1.96. The Morgan fingerprint density at radius 2 is 1.02 bits per heavy atom. The fourth-order valence-corrected chi connectivity index (χ4v) is 11.3. The zero-order valence-corrected chi connectivity index (χ0v) is 38.1. The number of aromatic nitrogens is 1. The number of benzene rings is 9. The van der Waals surface area contributed by atoms with Crippen LogP contribution in [-0.4, -0.2) is 4.57 Å². The summed E-state index contributed by atoms with van der Waals surface area (Å²) in [4.78, 5) is 0. The van der Waals surface area contributed by atoms with Crippen molar-refractivity contribution in [1.82, 2.24) is 4.57 Å². The highest BCUT2D eigenvalue weighted by Gasteiger charge is 2.24. The van der Waals surface area contributed by atoms with Crippen LogP contribution in [0.4, 0.5) is 0 Å². The molecule has 0 saturated carbocycles. The van der Waals surface area contributed by atoms with Crippen LogP contribution in [0.3, 0.4) is 0 Å². The predicted octanol–water partition coefficient (Wildman–Crippen LogP) is 17.5. The molecule has 0 bridgehead atoms. The van der Waals surface area contributed by atoms with Gasteiger partial charge in [-0.25, -0.2) is 0 Å². The van der Waals surface area contributed by atoms with E-state index in [4.69, 9.17) is 0 Å². The predicted molar refractivity (Wildman–Crippen MR) is 281 cm³/mol. The zero-order valence-electron chi connectivity index (χ0n) is 38.1. The molecule has 316 valence electrons. The standard InChI is InChI=1S/C65H51N/c1-5-14-56(60-38-48-16-7-10-19-54(48)43(60)4)50-32-36-65-63(40-50)62-37-47(44-25-27-45(28-26-44)53-21-12-22-55(42(53)3)52-18-9-6-15-41(52)2)31-35-64(62)66(65)51-33-29-46(30-34-51)57-23-13-24-59-58-20-11-8-17-49(58)39-61(57)59/h6-37,40H,5,38-39H2,1-4H3/b56-14-. The highest BCUT2D eigenvalue weighted by atomic mass is 15.0. The molecule has 0 atom stereocenters.